The minimum Gasteiger partial charge on any atom is -0.453 e. The Morgan fingerprint density at radius 2 is 2.00 bits per heavy atom. The molecule has 1 rings (SSSR count). The van der Waals surface area contributed by atoms with Crippen LogP contribution in [-0.2, 0) is 4.74 Å². The fourth-order valence-electron chi connectivity index (χ4n) is 1.61. The van der Waals surface area contributed by atoms with E-state index in [0.29, 0.717) is 12.0 Å². The van der Waals surface area contributed by atoms with Gasteiger partial charge in [-0.1, -0.05) is 26.3 Å². The van der Waals surface area contributed by atoms with Crippen LogP contribution in [0, 0.1) is 5.92 Å². The number of hydrogen-bond acceptors (Lipinski definition) is 3. The van der Waals surface area contributed by atoms with Crippen molar-refractivity contribution in [2.75, 3.05) is 17.7 Å². The second-order valence-electron chi connectivity index (χ2n) is 4.52. The SMILES string of the molecule is CCC(C)C(C)Nc1cccc(NC(=O)OC)c1. The smallest absolute Gasteiger partial charge is 0.411 e. The highest BCUT2D eigenvalue weighted by Crippen LogP contribution is 2.19. The summed E-state index contributed by atoms with van der Waals surface area (Å²) >= 11 is 0. The van der Waals surface area contributed by atoms with E-state index >= 15 is 0 Å². The van der Waals surface area contributed by atoms with E-state index in [9.17, 15) is 4.79 Å². The van der Waals surface area contributed by atoms with Crippen LogP contribution < -0.4 is 10.6 Å². The topological polar surface area (TPSA) is 50.4 Å². The zero-order valence-electron chi connectivity index (χ0n) is 11.5. The molecule has 4 nitrogen and oxygen atoms in total. The number of carbonyl (C=O) groups is 1. The zero-order chi connectivity index (χ0) is 13.5. The predicted molar refractivity (Wildman–Crippen MR) is 75.0 cm³/mol. The molecule has 4 heteroatoms. The molecule has 2 unspecified atom stereocenters. The Labute approximate surface area is 109 Å². The molecule has 0 bridgehead atoms. The summed E-state index contributed by atoms with van der Waals surface area (Å²) < 4.78 is 4.56. The van der Waals surface area contributed by atoms with Gasteiger partial charge in [0.05, 0.1) is 7.11 Å². The van der Waals surface area contributed by atoms with Crippen molar-refractivity contribution in [2.24, 2.45) is 5.92 Å². The van der Waals surface area contributed by atoms with Crippen molar-refractivity contribution in [1.82, 2.24) is 0 Å². The van der Waals surface area contributed by atoms with Gasteiger partial charge in [-0.3, -0.25) is 5.32 Å². The Morgan fingerprint density at radius 1 is 1.33 bits per heavy atom. The van der Waals surface area contributed by atoms with Crippen LogP contribution >= 0.6 is 0 Å². The first-order chi connectivity index (χ1) is 8.56. The number of hydrogen-bond donors (Lipinski definition) is 2. The van der Waals surface area contributed by atoms with Gasteiger partial charge in [0.15, 0.2) is 0 Å². The van der Waals surface area contributed by atoms with Crippen LogP contribution in [0.25, 0.3) is 0 Å². The van der Waals surface area contributed by atoms with Crippen LogP contribution in [0.5, 0.6) is 0 Å². The van der Waals surface area contributed by atoms with Crippen molar-refractivity contribution in [3.05, 3.63) is 24.3 Å². The summed E-state index contributed by atoms with van der Waals surface area (Å²) in [7, 11) is 1.35. The van der Waals surface area contributed by atoms with Crippen molar-refractivity contribution in [2.45, 2.75) is 33.2 Å². The van der Waals surface area contributed by atoms with Gasteiger partial charge in [-0.2, -0.15) is 0 Å². The second-order valence-corrected chi connectivity index (χ2v) is 4.52. The Balaban J connectivity index is 2.67. The first kappa shape index (κ1) is 14.4. The van der Waals surface area contributed by atoms with E-state index < -0.39 is 6.09 Å². The van der Waals surface area contributed by atoms with Gasteiger partial charge in [0, 0.05) is 17.4 Å². The van der Waals surface area contributed by atoms with Gasteiger partial charge in [-0.05, 0) is 31.0 Å². The van der Waals surface area contributed by atoms with Gasteiger partial charge in [0.25, 0.3) is 0 Å². The molecule has 0 aliphatic rings. The Morgan fingerprint density at radius 3 is 2.61 bits per heavy atom. The van der Waals surface area contributed by atoms with Crippen molar-refractivity contribution in [1.29, 1.82) is 0 Å². The van der Waals surface area contributed by atoms with Gasteiger partial charge in [0.1, 0.15) is 0 Å². The van der Waals surface area contributed by atoms with Crippen LogP contribution in [0.2, 0.25) is 0 Å². The van der Waals surface area contributed by atoms with E-state index in [4.69, 9.17) is 0 Å². The fourth-order valence-corrected chi connectivity index (χ4v) is 1.61. The molecule has 0 aliphatic carbocycles. The molecule has 0 fully saturated rings. The lowest BCUT2D eigenvalue weighted by atomic mass is 10.0. The van der Waals surface area contributed by atoms with Gasteiger partial charge < -0.3 is 10.1 Å². The lowest BCUT2D eigenvalue weighted by molar-refractivity contribution is 0.187. The summed E-state index contributed by atoms with van der Waals surface area (Å²) in [6.45, 7) is 6.56. The molecule has 18 heavy (non-hydrogen) atoms. The molecule has 1 aromatic carbocycles. The molecule has 0 radical (unpaired) electrons. The van der Waals surface area contributed by atoms with Crippen LogP contribution in [0.1, 0.15) is 27.2 Å². The second kappa shape index (κ2) is 6.89. The normalized spacial score (nSPS) is 13.6. The largest absolute Gasteiger partial charge is 0.453 e. The molecular weight excluding hydrogens is 228 g/mol. The Hall–Kier alpha value is -1.71. The molecule has 1 aromatic rings. The molecule has 0 spiro atoms. The van der Waals surface area contributed by atoms with Crippen molar-refractivity contribution < 1.29 is 9.53 Å². The summed E-state index contributed by atoms with van der Waals surface area (Å²) in [6.07, 6.45) is 0.677. The minimum atomic E-state index is -0.456. The summed E-state index contributed by atoms with van der Waals surface area (Å²) in [6, 6.07) is 8.01. The average Bonchev–Trinajstić information content (AvgIpc) is 2.37. The van der Waals surface area contributed by atoms with Crippen molar-refractivity contribution in [3.63, 3.8) is 0 Å². The Kier molecular flexibility index (Phi) is 5.49. The monoisotopic (exact) mass is 250 g/mol. The molecule has 0 heterocycles. The first-order valence-electron chi connectivity index (χ1n) is 6.28. The number of anilines is 2. The summed E-state index contributed by atoms with van der Waals surface area (Å²) in [5, 5.41) is 6.08. The maximum atomic E-state index is 11.1. The average molecular weight is 250 g/mol. The third-order valence-corrected chi connectivity index (χ3v) is 3.19. The molecule has 100 valence electrons. The lowest BCUT2D eigenvalue weighted by Crippen LogP contribution is -2.23. The van der Waals surface area contributed by atoms with E-state index in [-0.39, 0.29) is 0 Å². The number of carbonyl (C=O) groups excluding carboxylic acids is 1. The van der Waals surface area contributed by atoms with E-state index in [1.807, 2.05) is 24.3 Å². The van der Waals surface area contributed by atoms with E-state index in [1.54, 1.807) is 0 Å². The third-order valence-electron chi connectivity index (χ3n) is 3.19. The highest BCUT2D eigenvalue weighted by Gasteiger charge is 2.10. The molecule has 0 aliphatic heterocycles. The molecule has 1 amide bonds. The lowest BCUT2D eigenvalue weighted by Gasteiger charge is -2.21. The maximum Gasteiger partial charge on any atom is 0.411 e. The van der Waals surface area contributed by atoms with Crippen LogP contribution in [-0.4, -0.2) is 19.2 Å². The van der Waals surface area contributed by atoms with Crippen LogP contribution in [0.15, 0.2) is 24.3 Å². The first-order valence-corrected chi connectivity index (χ1v) is 6.28. The van der Waals surface area contributed by atoms with Crippen LogP contribution in [0.3, 0.4) is 0 Å². The maximum absolute atomic E-state index is 11.1. The molecule has 2 atom stereocenters. The number of amides is 1. The highest BCUT2D eigenvalue weighted by molar-refractivity contribution is 5.85. The number of rotatable bonds is 5. The summed E-state index contributed by atoms with van der Waals surface area (Å²) in [5.74, 6) is 0.599. The molecule has 2 N–H and O–H groups in total. The minimum absolute atomic E-state index is 0.392. The van der Waals surface area contributed by atoms with Gasteiger partial charge in [-0.25, -0.2) is 4.79 Å². The number of benzene rings is 1. The predicted octanol–water partition coefficient (Wildman–Crippen LogP) is 3.71. The van der Waals surface area contributed by atoms with Gasteiger partial charge >= 0.3 is 6.09 Å². The molecule has 0 saturated heterocycles. The van der Waals surface area contributed by atoms with E-state index in [2.05, 4.69) is 36.1 Å². The number of methoxy groups -OCH3 is 1. The molecule has 0 aromatic heterocycles. The van der Waals surface area contributed by atoms with Gasteiger partial charge in [0.2, 0.25) is 0 Å². The highest BCUT2D eigenvalue weighted by atomic mass is 16.5. The zero-order valence-corrected chi connectivity index (χ0v) is 11.5. The van der Waals surface area contributed by atoms with Crippen molar-refractivity contribution in [3.8, 4) is 0 Å². The van der Waals surface area contributed by atoms with Gasteiger partial charge in [-0.15, -0.1) is 0 Å². The summed E-state index contributed by atoms with van der Waals surface area (Å²) in [4.78, 5) is 11.1. The van der Waals surface area contributed by atoms with E-state index in [0.717, 1.165) is 17.8 Å². The Bertz CT molecular complexity index is 393. The fraction of sp³-hybridized carbons (Fsp3) is 0.500. The van der Waals surface area contributed by atoms with E-state index in [1.165, 1.54) is 7.11 Å². The molecular formula is C14H22N2O2. The van der Waals surface area contributed by atoms with Crippen LogP contribution in [0.4, 0.5) is 16.2 Å². The molecule has 0 saturated carbocycles. The van der Waals surface area contributed by atoms with Crippen molar-refractivity contribution >= 4 is 17.5 Å². The third kappa shape index (κ3) is 4.28. The quantitative estimate of drug-likeness (QED) is 0.837. The summed E-state index contributed by atoms with van der Waals surface area (Å²) in [5.41, 5.74) is 1.72. The standard InChI is InChI=1S/C14H22N2O2/c1-5-10(2)11(3)15-12-7-6-8-13(9-12)16-14(17)18-4/h6-11,15H,5H2,1-4H3,(H,16,17). The number of nitrogens with one attached hydrogen (secondary N) is 2. The number of ether oxygens (including phenoxy) is 1.